The summed E-state index contributed by atoms with van der Waals surface area (Å²) in [4.78, 5) is 3.91. The molecule has 2 heterocycles. The largest absolute Gasteiger partial charge is 0.406 e. The van der Waals surface area contributed by atoms with Gasteiger partial charge in [0.1, 0.15) is 0 Å². The molecule has 18 heavy (non-hydrogen) atoms. The van der Waals surface area contributed by atoms with E-state index in [0.29, 0.717) is 30.8 Å². The van der Waals surface area contributed by atoms with Crippen molar-refractivity contribution < 1.29 is 8.94 Å². The van der Waals surface area contributed by atoms with Gasteiger partial charge in [-0.25, -0.2) is 0 Å². The number of hydrogen-bond donors (Lipinski definition) is 2. The normalized spacial score (nSPS) is 12.6. The highest BCUT2D eigenvalue weighted by Crippen LogP contribution is 2.13. The molecule has 2 rings (SSSR count). The van der Waals surface area contributed by atoms with Crippen molar-refractivity contribution in [2.45, 2.75) is 26.3 Å². The zero-order valence-corrected chi connectivity index (χ0v) is 10.4. The van der Waals surface area contributed by atoms with E-state index in [1.807, 2.05) is 13.8 Å². The van der Waals surface area contributed by atoms with Crippen LogP contribution in [0, 0.1) is 0 Å². The average molecular weight is 252 g/mol. The molecule has 1 unspecified atom stereocenters. The van der Waals surface area contributed by atoms with Crippen LogP contribution in [-0.4, -0.2) is 33.4 Å². The summed E-state index contributed by atoms with van der Waals surface area (Å²) in [6, 6.07) is 0.447. The number of rotatable bonds is 7. The summed E-state index contributed by atoms with van der Waals surface area (Å²) in [5.41, 5.74) is 0. The Balaban J connectivity index is 1.79. The van der Waals surface area contributed by atoms with E-state index < -0.39 is 0 Å². The molecule has 2 aromatic heterocycles. The van der Waals surface area contributed by atoms with Gasteiger partial charge in [0.15, 0.2) is 6.33 Å². The maximum absolute atomic E-state index is 5.45. The van der Waals surface area contributed by atoms with E-state index >= 15 is 0 Å². The summed E-state index contributed by atoms with van der Waals surface area (Å²) in [5, 5.41) is 17.6. The molecule has 0 amide bonds. The van der Waals surface area contributed by atoms with Gasteiger partial charge in [-0.15, -0.1) is 5.10 Å². The van der Waals surface area contributed by atoms with Gasteiger partial charge in [0.2, 0.25) is 11.8 Å². The number of aromatic nitrogens is 4. The second-order valence-electron chi connectivity index (χ2n) is 3.74. The van der Waals surface area contributed by atoms with Crippen LogP contribution in [0.3, 0.4) is 0 Å². The maximum atomic E-state index is 5.45. The molecule has 1 atom stereocenters. The first-order chi connectivity index (χ1) is 8.79. The summed E-state index contributed by atoms with van der Waals surface area (Å²) in [5.74, 6) is 1.14. The first-order valence-electron chi connectivity index (χ1n) is 5.85. The minimum absolute atomic E-state index is 0.0500. The van der Waals surface area contributed by atoms with Gasteiger partial charge in [0, 0.05) is 13.0 Å². The van der Waals surface area contributed by atoms with Crippen LogP contribution in [0.1, 0.15) is 31.7 Å². The minimum atomic E-state index is 0.0500. The third-order valence-corrected chi connectivity index (χ3v) is 2.34. The van der Waals surface area contributed by atoms with Crippen LogP contribution in [0.4, 0.5) is 6.01 Å². The summed E-state index contributed by atoms with van der Waals surface area (Å²) >= 11 is 0. The lowest BCUT2D eigenvalue weighted by molar-refractivity contribution is 0.379. The topological polar surface area (TPSA) is 102 Å². The Morgan fingerprint density at radius 1 is 1.39 bits per heavy atom. The Morgan fingerprint density at radius 3 is 3.00 bits per heavy atom. The predicted molar refractivity (Wildman–Crippen MR) is 62.9 cm³/mol. The number of nitrogens with zero attached hydrogens (tertiary/aromatic N) is 4. The third kappa shape index (κ3) is 3.27. The van der Waals surface area contributed by atoms with Crippen molar-refractivity contribution in [1.29, 1.82) is 0 Å². The van der Waals surface area contributed by atoms with Gasteiger partial charge in [-0.3, -0.25) is 0 Å². The van der Waals surface area contributed by atoms with Gasteiger partial charge in [0.05, 0.1) is 6.04 Å². The van der Waals surface area contributed by atoms with Crippen molar-refractivity contribution >= 4 is 6.01 Å². The predicted octanol–water partition coefficient (Wildman–Crippen LogP) is 0.778. The highest BCUT2D eigenvalue weighted by molar-refractivity contribution is 5.17. The molecule has 8 heteroatoms. The van der Waals surface area contributed by atoms with Gasteiger partial charge in [-0.2, -0.15) is 4.98 Å². The van der Waals surface area contributed by atoms with Crippen LogP contribution >= 0.6 is 0 Å². The van der Waals surface area contributed by atoms with Crippen molar-refractivity contribution in [3.8, 4) is 0 Å². The molecule has 2 N–H and O–H groups in total. The van der Waals surface area contributed by atoms with Crippen LogP contribution in [0.2, 0.25) is 0 Å². The molecule has 0 aliphatic carbocycles. The zero-order chi connectivity index (χ0) is 12.8. The van der Waals surface area contributed by atoms with Crippen molar-refractivity contribution in [3.05, 3.63) is 18.1 Å². The van der Waals surface area contributed by atoms with Crippen LogP contribution in [-0.2, 0) is 6.42 Å². The quantitative estimate of drug-likeness (QED) is 0.745. The first kappa shape index (κ1) is 12.5. The fraction of sp³-hybridized carbons (Fsp3) is 0.600. The summed E-state index contributed by atoms with van der Waals surface area (Å²) in [6.07, 6.45) is 1.98. The zero-order valence-electron chi connectivity index (χ0n) is 10.4. The van der Waals surface area contributed by atoms with Crippen molar-refractivity contribution in [2.75, 3.05) is 18.4 Å². The molecule has 0 fully saturated rings. The number of hydrogen-bond acceptors (Lipinski definition) is 8. The smallest absolute Gasteiger partial charge is 0.315 e. The summed E-state index contributed by atoms with van der Waals surface area (Å²) < 4.78 is 10.3. The van der Waals surface area contributed by atoms with Crippen LogP contribution in [0.5, 0.6) is 0 Å². The monoisotopic (exact) mass is 252 g/mol. The average Bonchev–Trinajstić information content (AvgIpc) is 3.00. The molecule has 0 aromatic carbocycles. The molecule has 8 nitrogen and oxygen atoms in total. The Labute approximate surface area is 104 Å². The molecule has 0 radical (unpaired) electrons. The van der Waals surface area contributed by atoms with Gasteiger partial charge in [-0.1, -0.05) is 17.2 Å². The standard InChI is InChI=1S/C10H16N6O2/c1-3-11-7(2)9-15-16-10(17-9)12-5-4-8-13-6-14-18-8/h6-7,11H,3-5H2,1-2H3,(H,12,16). The Bertz CT molecular complexity index is 455. The number of nitrogens with one attached hydrogen (secondary N) is 2. The maximum Gasteiger partial charge on any atom is 0.315 e. The molecule has 0 saturated heterocycles. The molecule has 2 aromatic rings. The van der Waals surface area contributed by atoms with Crippen LogP contribution < -0.4 is 10.6 Å². The lowest BCUT2D eigenvalue weighted by Gasteiger charge is -2.05. The van der Waals surface area contributed by atoms with Crippen molar-refractivity contribution in [1.82, 2.24) is 25.7 Å². The van der Waals surface area contributed by atoms with Crippen molar-refractivity contribution in [3.63, 3.8) is 0 Å². The Kier molecular flexibility index (Phi) is 4.24. The lowest BCUT2D eigenvalue weighted by Crippen LogP contribution is -2.17. The first-order valence-corrected chi connectivity index (χ1v) is 5.85. The van der Waals surface area contributed by atoms with E-state index in [2.05, 4.69) is 31.0 Å². The van der Waals surface area contributed by atoms with Gasteiger partial charge < -0.3 is 19.6 Å². The summed E-state index contributed by atoms with van der Waals surface area (Å²) in [7, 11) is 0. The third-order valence-electron chi connectivity index (χ3n) is 2.34. The Hall–Kier alpha value is -1.96. The highest BCUT2D eigenvalue weighted by atomic mass is 16.5. The highest BCUT2D eigenvalue weighted by Gasteiger charge is 2.12. The van der Waals surface area contributed by atoms with E-state index in [1.165, 1.54) is 6.33 Å². The van der Waals surface area contributed by atoms with Crippen LogP contribution in [0.25, 0.3) is 0 Å². The van der Waals surface area contributed by atoms with E-state index in [4.69, 9.17) is 8.94 Å². The molecule has 98 valence electrons. The van der Waals surface area contributed by atoms with E-state index in [1.54, 1.807) is 0 Å². The molecule has 0 aliphatic rings. The Morgan fingerprint density at radius 2 is 2.28 bits per heavy atom. The van der Waals surface area contributed by atoms with E-state index in [0.717, 1.165) is 6.54 Å². The molecular weight excluding hydrogens is 236 g/mol. The van der Waals surface area contributed by atoms with Crippen molar-refractivity contribution in [2.24, 2.45) is 0 Å². The van der Waals surface area contributed by atoms with Crippen LogP contribution in [0.15, 0.2) is 15.3 Å². The lowest BCUT2D eigenvalue weighted by atomic mass is 10.3. The molecular formula is C10H16N6O2. The van der Waals surface area contributed by atoms with Gasteiger partial charge >= 0.3 is 6.01 Å². The second-order valence-corrected chi connectivity index (χ2v) is 3.74. The SMILES string of the molecule is CCNC(C)c1nnc(NCCc2ncno2)o1. The fourth-order valence-electron chi connectivity index (χ4n) is 1.46. The minimum Gasteiger partial charge on any atom is -0.406 e. The van der Waals surface area contributed by atoms with Gasteiger partial charge in [0.25, 0.3) is 0 Å². The van der Waals surface area contributed by atoms with E-state index in [9.17, 15) is 0 Å². The fourth-order valence-corrected chi connectivity index (χ4v) is 1.46. The van der Waals surface area contributed by atoms with E-state index in [-0.39, 0.29) is 6.04 Å². The molecule has 0 saturated carbocycles. The van der Waals surface area contributed by atoms with Gasteiger partial charge in [-0.05, 0) is 13.5 Å². The number of anilines is 1. The summed E-state index contributed by atoms with van der Waals surface area (Å²) in [6.45, 7) is 5.44. The molecule has 0 aliphatic heterocycles. The molecule has 0 bridgehead atoms. The molecule has 0 spiro atoms. The second kappa shape index (κ2) is 6.10.